The molecule has 0 aromatic carbocycles. The van der Waals surface area contributed by atoms with Gasteiger partial charge < -0.3 is 14.8 Å². The predicted octanol–water partition coefficient (Wildman–Crippen LogP) is 0.885. The number of rotatable bonds is 7. The molecule has 0 aliphatic rings. The summed E-state index contributed by atoms with van der Waals surface area (Å²) >= 11 is 0. The molecule has 0 saturated carbocycles. The molecule has 1 aromatic heterocycles. The molecule has 0 saturated heterocycles. The van der Waals surface area contributed by atoms with Gasteiger partial charge in [-0.1, -0.05) is 6.92 Å². The number of nitrogens with one attached hydrogen (secondary N) is 1. The zero-order valence-corrected chi connectivity index (χ0v) is 11.7. The molecule has 0 bridgehead atoms. The third kappa shape index (κ3) is 4.51. The molecule has 7 heteroatoms. The molecule has 1 heterocycles. The van der Waals surface area contributed by atoms with Crippen LogP contribution >= 0.6 is 0 Å². The molecule has 0 aliphatic heterocycles. The Kier molecular flexibility index (Phi) is 5.75. The third-order valence-corrected chi connectivity index (χ3v) is 4.02. The number of H-pyrrole nitrogens is 1. The first-order valence-corrected chi connectivity index (χ1v) is 7.28. The highest BCUT2D eigenvalue weighted by Gasteiger charge is 2.19. The number of carbonyl (C=O) groups is 1. The number of hydrogen-bond donors (Lipinski definition) is 2. The van der Waals surface area contributed by atoms with Gasteiger partial charge in [-0.15, -0.1) is 0 Å². The van der Waals surface area contributed by atoms with Gasteiger partial charge in [0.15, 0.2) is 5.75 Å². The Labute approximate surface area is 113 Å². The summed E-state index contributed by atoms with van der Waals surface area (Å²) in [5.41, 5.74) is 0.127. The van der Waals surface area contributed by atoms with Crippen molar-refractivity contribution in [3.8, 4) is 5.75 Å². The van der Waals surface area contributed by atoms with Crippen LogP contribution in [0.5, 0.6) is 5.75 Å². The number of aromatic amines is 1. The molecular weight excluding hydrogens is 270 g/mol. The molecule has 0 amide bonds. The summed E-state index contributed by atoms with van der Waals surface area (Å²) in [6, 6.07) is 1.29. The first-order valence-electron chi connectivity index (χ1n) is 5.90. The lowest BCUT2D eigenvalue weighted by Gasteiger charge is -2.08. The van der Waals surface area contributed by atoms with Crippen molar-refractivity contribution in [1.82, 2.24) is 4.98 Å². The maximum absolute atomic E-state index is 11.7. The second-order valence-corrected chi connectivity index (χ2v) is 5.80. The number of aromatic nitrogens is 1. The Balaban J connectivity index is 2.76. The van der Waals surface area contributed by atoms with Crippen LogP contribution in [0.3, 0.4) is 0 Å². The van der Waals surface area contributed by atoms with Crippen molar-refractivity contribution in [2.45, 2.75) is 31.3 Å². The van der Waals surface area contributed by atoms with Crippen LogP contribution in [-0.2, 0) is 21.3 Å². The number of pyridine rings is 1. The van der Waals surface area contributed by atoms with Gasteiger partial charge in [0.1, 0.15) is 5.25 Å². The average molecular weight is 287 g/mol. The molecular formula is C12H17NO5S. The highest BCUT2D eigenvalue weighted by atomic mass is 32.2. The van der Waals surface area contributed by atoms with Crippen LogP contribution < -0.4 is 10.2 Å². The summed E-state index contributed by atoms with van der Waals surface area (Å²) in [7, 11) is -1.58. The van der Waals surface area contributed by atoms with E-state index in [9.17, 15) is 13.8 Å². The zero-order valence-electron chi connectivity index (χ0n) is 10.8. The highest BCUT2D eigenvalue weighted by molar-refractivity contribution is 7.85. The van der Waals surface area contributed by atoms with E-state index in [1.165, 1.54) is 19.2 Å². The number of hydrogen-bond acceptors (Lipinski definition) is 4. The first-order chi connectivity index (χ1) is 8.95. The lowest BCUT2D eigenvalue weighted by atomic mass is 10.3. The summed E-state index contributed by atoms with van der Waals surface area (Å²) in [5, 5.41) is 7.77. The summed E-state index contributed by atoms with van der Waals surface area (Å²) in [4.78, 5) is 25.2. The third-order valence-electron chi connectivity index (χ3n) is 2.44. The SMILES string of the molecule is CCCOc1c[nH]c(CS(=O)C(C)C(=O)O)cc1=O. The van der Waals surface area contributed by atoms with Crippen LogP contribution in [0.15, 0.2) is 17.1 Å². The van der Waals surface area contributed by atoms with Crippen LogP contribution in [0.4, 0.5) is 0 Å². The van der Waals surface area contributed by atoms with E-state index in [1.807, 2.05) is 6.92 Å². The largest absolute Gasteiger partial charge is 0.488 e. The number of carboxylic acid groups (broad SMARTS) is 1. The first kappa shape index (κ1) is 15.4. The number of carboxylic acids is 1. The normalized spacial score (nSPS) is 13.8. The minimum atomic E-state index is -1.58. The van der Waals surface area contributed by atoms with E-state index in [0.717, 1.165) is 6.42 Å². The lowest BCUT2D eigenvalue weighted by molar-refractivity contribution is -0.136. The van der Waals surface area contributed by atoms with Gasteiger partial charge in [-0.05, 0) is 13.3 Å². The number of ether oxygens (including phenoxy) is 1. The fraction of sp³-hybridized carbons (Fsp3) is 0.500. The minimum Gasteiger partial charge on any atom is -0.488 e. The van der Waals surface area contributed by atoms with Crippen LogP contribution in [0.2, 0.25) is 0 Å². The molecule has 6 nitrogen and oxygen atoms in total. The smallest absolute Gasteiger partial charge is 0.318 e. The molecule has 0 radical (unpaired) electrons. The molecule has 1 rings (SSSR count). The van der Waals surface area contributed by atoms with Gasteiger partial charge in [0.2, 0.25) is 5.43 Å². The molecule has 2 N–H and O–H groups in total. The van der Waals surface area contributed by atoms with E-state index in [4.69, 9.17) is 9.84 Å². The fourth-order valence-corrected chi connectivity index (χ4v) is 2.25. The maximum Gasteiger partial charge on any atom is 0.318 e. The average Bonchev–Trinajstić information content (AvgIpc) is 2.36. The predicted molar refractivity (Wildman–Crippen MR) is 71.8 cm³/mol. The van der Waals surface area contributed by atoms with Crippen molar-refractivity contribution in [2.24, 2.45) is 0 Å². The fourth-order valence-electron chi connectivity index (χ4n) is 1.30. The molecule has 2 atom stereocenters. The van der Waals surface area contributed by atoms with Gasteiger partial charge in [0.25, 0.3) is 0 Å². The maximum atomic E-state index is 11.7. The summed E-state index contributed by atoms with van der Waals surface area (Å²) in [6.45, 7) is 3.75. The van der Waals surface area contributed by atoms with E-state index in [2.05, 4.69) is 4.98 Å². The van der Waals surface area contributed by atoms with Gasteiger partial charge in [0.05, 0.1) is 12.4 Å². The van der Waals surface area contributed by atoms with Gasteiger partial charge in [-0.3, -0.25) is 13.8 Å². The molecule has 0 aliphatic carbocycles. The monoisotopic (exact) mass is 287 g/mol. The summed E-state index contributed by atoms with van der Waals surface area (Å²) in [6.07, 6.45) is 2.21. The van der Waals surface area contributed by atoms with E-state index in [0.29, 0.717) is 12.3 Å². The van der Waals surface area contributed by atoms with Gasteiger partial charge in [-0.25, -0.2) is 0 Å². The van der Waals surface area contributed by atoms with Crippen molar-refractivity contribution in [1.29, 1.82) is 0 Å². The summed E-state index contributed by atoms with van der Waals surface area (Å²) in [5.74, 6) is -0.914. The highest BCUT2D eigenvalue weighted by Crippen LogP contribution is 2.07. The van der Waals surface area contributed by atoms with Crippen LogP contribution in [-0.4, -0.2) is 32.1 Å². The van der Waals surface area contributed by atoms with E-state index < -0.39 is 22.0 Å². The molecule has 0 fully saturated rings. The van der Waals surface area contributed by atoms with Crippen molar-refractivity contribution >= 4 is 16.8 Å². The molecule has 0 spiro atoms. The van der Waals surface area contributed by atoms with Gasteiger partial charge >= 0.3 is 5.97 Å². The zero-order chi connectivity index (χ0) is 14.4. The van der Waals surface area contributed by atoms with Crippen molar-refractivity contribution in [3.05, 3.63) is 28.2 Å². The van der Waals surface area contributed by atoms with Crippen molar-refractivity contribution in [2.75, 3.05) is 6.61 Å². The van der Waals surface area contributed by atoms with Crippen molar-refractivity contribution < 1.29 is 18.8 Å². The molecule has 19 heavy (non-hydrogen) atoms. The summed E-state index contributed by atoms with van der Waals surface area (Å²) < 4.78 is 16.9. The van der Waals surface area contributed by atoms with Crippen LogP contribution in [0, 0.1) is 0 Å². The van der Waals surface area contributed by atoms with Crippen LogP contribution in [0.1, 0.15) is 26.0 Å². The van der Waals surface area contributed by atoms with E-state index in [-0.39, 0.29) is 16.9 Å². The Hall–Kier alpha value is -1.63. The lowest BCUT2D eigenvalue weighted by Crippen LogP contribution is -2.23. The second-order valence-electron chi connectivity index (χ2n) is 4.04. The Bertz CT molecular complexity index is 525. The Morgan fingerprint density at radius 3 is 2.79 bits per heavy atom. The van der Waals surface area contributed by atoms with Gasteiger partial charge in [0, 0.05) is 28.8 Å². The van der Waals surface area contributed by atoms with E-state index in [1.54, 1.807) is 0 Å². The standard InChI is InChI=1S/C12H17NO5S/c1-3-4-18-11-6-13-9(5-10(11)14)7-19(17)8(2)12(15)16/h5-6,8H,3-4,7H2,1-2H3,(H,13,14)(H,15,16). The van der Waals surface area contributed by atoms with Crippen LogP contribution in [0.25, 0.3) is 0 Å². The van der Waals surface area contributed by atoms with E-state index >= 15 is 0 Å². The van der Waals surface area contributed by atoms with Crippen molar-refractivity contribution in [3.63, 3.8) is 0 Å². The molecule has 1 aromatic rings. The molecule has 106 valence electrons. The Morgan fingerprint density at radius 1 is 1.58 bits per heavy atom. The van der Waals surface area contributed by atoms with Gasteiger partial charge in [-0.2, -0.15) is 0 Å². The second kappa shape index (κ2) is 7.08. The Morgan fingerprint density at radius 2 is 2.26 bits per heavy atom. The topological polar surface area (TPSA) is 96.5 Å². The number of aliphatic carboxylic acids is 1. The minimum absolute atomic E-state index is 0.00321. The molecule has 2 unspecified atom stereocenters. The quantitative estimate of drug-likeness (QED) is 0.776.